The second kappa shape index (κ2) is 7.77. The second-order valence-corrected chi connectivity index (χ2v) is 4.91. The lowest BCUT2D eigenvalue weighted by atomic mass is 10.2. The van der Waals surface area contributed by atoms with E-state index in [0.717, 1.165) is 17.1 Å². The van der Waals surface area contributed by atoms with Gasteiger partial charge >= 0.3 is 0 Å². The highest BCUT2D eigenvalue weighted by molar-refractivity contribution is 7.98. The Labute approximate surface area is 98.3 Å². The van der Waals surface area contributed by atoms with E-state index in [-0.39, 0.29) is 13.2 Å². The Hall–Kier alpha value is -0.470. The van der Waals surface area contributed by atoms with Crippen LogP contribution in [0.1, 0.15) is 16.9 Å². The zero-order valence-electron chi connectivity index (χ0n) is 8.40. The first kappa shape index (κ1) is 12.6. The summed E-state index contributed by atoms with van der Waals surface area (Å²) in [4.78, 5) is 1.25. The molecule has 0 saturated carbocycles. The van der Waals surface area contributed by atoms with Crippen LogP contribution >= 0.6 is 23.1 Å². The maximum atomic E-state index is 8.66. The maximum Gasteiger partial charge on any atom is 0.0540 e. The van der Waals surface area contributed by atoms with Crippen LogP contribution < -0.4 is 0 Å². The molecule has 1 heterocycles. The van der Waals surface area contributed by atoms with Gasteiger partial charge in [0.1, 0.15) is 0 Å². The highest BCUT2D eigenvalue weighted by atomic mass is 32.2. The van der Waals surface area contributed by atoms with E-state index in [9.17, 15) is 0 Å². The van der Waals surface area contributed by atoms with E-state index in [1.54, 1.807) is 23.1 Å². The van der Waals surface area contributed by atoms with E-state index in [0.29, 0.717) is 6.42 Å². The van der Waals surface area contributed by atoms with Crippen LogP contribution in [-0.4, -0.2) is 29.2 Å². The van der Waals surface area contributed by atoms with Gasteiger partial charge in [-0.3, -0.25) is 0 Å². The number of hydrogen-bond donors (Lipinski definition) is 2. The molecule has 4 heteroatoms. The minimum absolute atomic E-state index is 0.117. The number of aliphatic hydroxyl groups is 2. The first-order valence-corrected chi connectivity index (χ1v) is 6.76. The molecule has 0 aliphatic heterocycles. The van der Waals surface area contributed by atoms with Crippen molar-refractivity contribution in [1.29, 1.82) is 0 Å². The summed E-state index contributed by atoms with van der Waals surface area (Å²) in [5.41, 5.74) is 1.05. The smallest absolute Gasteiger partial charge is 0.0540 e. The average molecular weight is 242 g/mol. The van der Waals surface area contributed by atoms with Crippen LogP contribution in [-0.2, 0) is 5.75 Å². The van der Waals surface area contributed by atoms with Gasteiger partial charge in [0.15, 0.2) is 0 Å². The van der Waals surface area contributed by atoms with E-state index < -0.39 is 0 Å². The molecule has 0 spiro atoms. The van der Waals surface area contributed by atoms with Crippen molar-refractivity contribution in [2.75, 3.05) is 19.0 Å². The molecule has 0 saturated heterocycles. The molecule has 82 valence electrons. The second-order valence-electron chi connectivity index (χ2n) is 2.81. The lowest BCUT2D eigenvalue weighted by Gasteiger charge is -1.97. The molecule has 0 aliphatic rings. The average Bonchev–Trinajstić information content (AvgIpc) is 2.67. The van der Waals surface area contributed by atoms with Crippen molar-refractivity contribution in [3.63, 3.8) is 0 Å². The van der Waals surface area contributed by atoms with Crippen LogP contribution in [0.15, 0.2) is 11.4 Å². The van der Waals surface area contributed by atoms with Crippen molar-refractivity contribution < 1.29 is 10.2 Å². The number of hydrogen-bond acceptors (Lipinski definition) is 4. The molecule has 15 heavy (non-hydrogen) atoms. The zero-order chi connectivity index (χ0) is 10.9. The molecular weight excluding hydrogens is 228 g/mol. The molecule has 1 rings (SSSR count). The molecule has 0 bridgehead atoms. The molecule has 1 aromatic rings. The van der Waals surface area contributed by atoms with E-state index in [1.165, 1.54) is 4.88 Å². The highest BCUT2D eigenvalue weighted by Gasteiger charge is 2.01. The van der Waals surface area contributed by atoms with Gasteiger partial charge in [-0.25, -0.2) is 0 Å². The molecule has 0 radical (unpaired) electrons. The Morgan fingerprint density at radius 1 is 1.33 bits per heavy atom. The van der Waals surface area contributed by atoms with E-state index in [4.69, 9.17) is 10.2 Å². The maximum absolute atomic E-state index is 8.66. The minimum Gasteiger partial charge on any atom is -0.396 e. The van der Waals surface area contributed by atoms with Crippen molar-refractivity contribution >= 4 is 23.1 Å². The van der Waals surface area contributed by atoms with Gasteiger partial charge in [-0.1, -0.05) is 11.8 Å². The third-order valence-electron chi connectivity index (χ3n) is 1.67. The molecule has 2 N–H and O–H groups in total. The highest BCUT2D eigenvalue weighted by Crippen LogP contribution is 2.21. The third-order valence-corrected chi connectivity index (χ3v) is 3.74. The van der Waals surface area contributed by atoms with Crippen molar-refractivity contribution in [3.8, 4) is 11.8 Å². The van der Waals surface area contributed by atoms with Crippen LogP contribution in [0.5, 0.6) is 0 Å². The fraction of sp³-hybridized carbons (Fsp3) is 0.455. The minimum atomic E-state index is 0.117. The monoisotopic (exact) mass is 242 g/mol. The molecule has 0 aromatic carbocycles. The molecule has 0 atom stereocenters. The molecule has 0 unspecified atom stereocenters. The Balaban J connectivity index is 2.50. The van der Waals surface area contributed by atoms with Gasteiger partial charge in [0.2, 0.25) is 0 Å². The molecule has 0 amide bonds. The summed E-state index contributed by atoms with van der Waals surface area (Å²) in [6, 6.07) is 2.00. The van der Waals surface area contributed by atoms with Crippen LogP contribution in [0.4, 0.5) is 0 Å². The Bertz CT molecular complexity index is 336. The van der Waals surface area contributed by atoms with Crippen molar-refractivity contribution in [2.45, 2.75) is 12.2 Å². The van der Waals surface area contributed by atoms with Gasteiger partial charge in [0.05, 0.1) is 13.2 Å². The topological polar surface area (TPSA) is 40.5 Å². The first-order valence-electron chi connectivity index (χ1n) is 4.73. The van der Waals surface area contributed by atoms with Crippen LogP contribution in [0.25, 0.3) is 0 Å². The SMILES string of the molecule is OCCC#Cc1ccsc1CSCCO. The van der Waals surface area contributed by atoms with Gasteiger partial charge in [-0.05, 0) is 11.4 Å². The Morgan fingerprint density at radius 3 is 2.93 bits per heavy atom. The van der Waals surface area contributed by atoms with Gasteiger partial charge in [-0.15, -0.1) is 11.3 Å². The first-order chi connectivity index (χ1) is 7.38. The summed E-state index contributed by atoms with van der Waals surface area (Å²) in [5, 5.41) is 19.3. The quantitative estimate of drug-likeness (QED) is 0.610. The van der Waals surface area contributed by atoms with Crippen molar-refractivity contribution in [1.82, 2.24) is 0 Å². The standard InChI is InChI=1S/C11H14O2S2/c12-5-2-1-3-10-4-7-15-11(10)9-14-8-6-13/h4,7,12-13H,2,5-6,8-9H2. The fourth-order valence-corrected chi connectivity index (χ4v) is 2.76. The van der Waals surface area contributed by atoms with Gasteiger partial charge in [0.25, 0.3) is 0 Å². The summed E-state index contributed by atoms with van der Waals surface area (Å²) in [7, 11) is 0. The predicted octanol–water partition coefficient (Wildman–Crippen LogP) is 1.71. The molecule has 0 aliphatic carbocycles. The van der Waals surface area contributed by atoms with E-state index in [1.807, 2.05) is 11.4 Å². The number of aliphatic hydroxyl groups excluding tert-OH is 2. The molecule has 2 nitrogen and oxygen atoms in total. The van der Waals surface area contributed by atoms with Gasteiger partial charge in [0, 0.05) is 28.4 Å². The van der Waals surface area contributed by atoms with Crippen molar-refractivity contribution in [2.24, 2.45) is 0 Å². The van der Waals surface area contributed by atoms with Crippen LogP contribution in [0.2, 0.25) is 0 Å². The van der Waals surface area contributed by atoms with Crippen LogP contribution in [0.3, 0.4) is 0 Å². The summed E-state index contributed by atoms with van der Waals surface area (Å²) in [6.45, 7) is 0.341. The summed E-state index contributed by atoms with van der Waals surface area (Å²) in [5.74, 6) is 7.63. The van der Waals surface area contributed by atoms with Crippen LogP contribution in [0, 0.1) is 11.8 Å². The molecular formula is C11H14O2S2. The summed E-state index contributed by atoms with van der Waals surface area (Å²) in [6.07, 6.45) is 0.527. The largest absolute Gasteiger partial charge is 0.396 e. The third kappa shape index (κ3) is 4.72. The summed E-state index contributed by atoms with van der Waals surface area (Å²) < 4.78 is 0. The predicted molar refractivity (Wildman–Crippen MR) is 66.1 cm³/mol. The Kier molecular flexibility index (Phi) is 6.53. The lowest BCUT2D eigenvalue weighted by molar-refractivity contribution is 0.305. The lowest BCUT2D eigenvalue weighted by Crippen LogP contribution is -1.87. The number of thioether (sulfide) groups is 1. The zero-order valence-corrected chi connectivity index (χ0v) is 10.0. The van der Waals surface area contributed by atoms with E-state index in [2.05, 4.69) is 11.8 Å². The number of thiophene rings is 1. The molecule has 0 fully saturated rings. The number of rotatable bonds is 5. The normalized spacial score (nSPS) is 9.73. The fourth-order valence-electron chi connectivity index (χ4n) is 1.01. The van der Waals surface area contributed by atoms with Crippen molar-refractivity contribution in [3.05, 3.63) is 21.9 Å². The van der Waals surface area contributed by atoms with Gasteiger partial charge < -0.3 is 10.2 Å². The van der Waals surface area contributed by atoms with E-state index >= 15 is 0 Å². The molecule has 1 aromatic heterocycles. The summed E-state index contributed by atoms with van der Waals surface area (Å²) >= 11 is 3.40. The Morgan fingerprint density at radius 2 is 2.20 bits per heavy atom. The van der Waals surface area contributed by atoms with Gasteiger partial charge in [-0.2, -0.15) is 11.8 Å².